The first-order valence-electron chi connectivity index (χ1n) is 6.75. The number of rotatable bonds is 6. The van der Waals surface area contributed by atoms with Crippen molar-refractivity contribution in [1.29, 1.82) is 0 Å². The molecule has 5 nitrogen and oxygen atoms in total. The van der Waals surface area contributed by atoms with E-state index in [-0.39, 0.29) is 11.5 Å². The molecule has 1 N–H and O–H groups in total. The number of esters is 1. The van der Waals surface area contributed by atoms with Crippen LogP contribution in [0.5, 0.6) is 11.5 Å². The third kappa shape index (κ3) is 4.34. The highest BCUT2D eigenvalue weighted by Gasteiger charge is 2.05. The van der Waals surface area contributed by atoms with Crippen LogP contribution < -0.4 is 4.74 Å². The van der Waals surface area contributed by atoms with E-state index in [4.69, 9.17) is 9.84 Å². The molecule has 0 saturated heterocycles. The Labute approximate surface area is 128 Å². The van der Waals surface area contributed by atoms with Gasteiger partial charge in [-0.15, -0.1) is 0 Å². The number of methoxy groups -OCH3 is 1. The number of carbonyl (C=O) groups is 2. The topological polar surface area (TPSA) is 72.8 Å². The van der Waals surface area contributed by atoms with Crippen LogP contribution in [-0.2, 0) is 16.0 Å². The quantitative estimate of drug-likeness (QED) is 0.829. The van der Waals surface area contributed by atoms with E-state index < -0.39 is 5.97 Å². The molecule has 114 valence electrons. The molecule has 0 spiro atoms. The number of carbonyl (C=O) groups excluding carboxylic acids is 1. The highest BCUT2D eigenvalue weighted by molar-refractivity contribution is 5.88. The first-order valence-corrected chi connectivity index (χ1v) is 6.75. The van der Waals surface area contributed by atoms with Gasteiger partial charge in [0.1, 0.15) is 11.5 Å². The highest BCUT2D eigenvalue weighted by atomic mass is 16.5. The van der Waals surface area contributed by atoms with Crippen molar-refractivity contribution in [2.45, 2.75) is 12.8 Å². The summed E-state index contributed by atoms with van der Waals surface area (Å²) in [6.07, 6.45) is 0.929. The van der Waals surface area contributed by atoms with Crippen LogP contribution >= 0.6 is 0 Å². The largest absolute Gasteiger partial charge is 0.478 e. The van der Waals surface area contributed by atoms with Gasteiger partial charge in [-0.3, -0.25) is 4.79 Å². The van der Waals surface area contributed by atoms with Crippen molar-refractivity contribution in [3.05, 3.63) is 59.7 Å². The Hall–Kier alpha value is -2.82. The van der Waals surface area contributed by atoms with Gasteiger partial charge in [0.25, 0.3) is 0 Å². The normalized spacial score (nSPS) is 10.0. The third-order valence-electron chi connectivity index (χ3n) is 3.09. The molecule has 2 aromatic rings. The molecule has 0 radical (unpaired) electrons. The molecule has 2 aromatic carbocycles. The molecule has 0 aliphatic rings. The number of benzene rings is 2. The molecule has 5 heteroatoms. The number of ether oxygens (including phenoxy) is 2. The molecule has 0 unspecified atom stereocenters. The van der Waals surface area contributed by atoms with Crippen LogP contribution in [-0.4, -0.2) is 24.2 Å². The second-order valence-electron chi connectivity index (χ2n) is 4.66. The lowest BCUT2D eigenvalue weighted by molar-refractivity contribution is -0.140. The molecular weight excluding hydrogens is 284 g/mol. The minimum Gasteiger partial charge on any atom is -0.478 e. The average molecular weight is 300 g/mol. The van der Waals surface area contributed by atoms with Crippen molar-refractivity contribution in [3.8, 4) is 11.5 Å². The van der Waals surface area contributed by atoms with Gasteiger partial charge in [0.05, 0.1) is 12.7 Å². The van der Waals surface area contributed by atoms with Crippen LogP contribution in [0, 0.1) is 0 Å². The Morgan fingerprint density at radius 2 is 1.77 bits per heavy atom. The first-order chi connectivity index (χ1) is 10.6. The molecule has 0 bridgehead atoms. The minimum absolute atomic E-state index is 0.173. The summed E-state index contributed by atoms with van der Waals surface area (Å²) in [5.74, 6) is -0.180. The van der Waals surface area contributed by atoms with E-state index in [0.29, 0.717) is 24.3 Å². The van der Waals surface area contributed by atoms with Gasteiger partial charge in [-0.05, 0) is 42.3 Å². The number of carboxylic acids is 1. The van der Waals surface area contributed by atoms with Gasteiger partial charge in [0.15, 0.2) is 0 Å². The zero-order valence-electron chi connectivity index (χ0n) is 12.1. The van der Waals surface area contributed by atoms with E-state index in [1.54, 1.807) is 24.3 Å². The number of carboxylic acid groups (broad SMARTS) is 1. The van der Waals surface area contributed by atoms with Gasteiger partial charge in [-0.1, -0.05) is 18.2 Å². The summed E-state index contributed by atoms with van der Waals surface area (Å²) in [4.78, 5) is 22.0. The maximum atomic E-state index is 11.1. The number of hydrogen-bond donors (Lipinski definition) is 1. The van der Waals surface area contributed by atoms with Crippen LogP contribution in [0.2, 0.25) is 0 Å². The Bertz CT molecular complexity index is 661. The summed E-state index contributed by atoms with van der Waals surface area (Å²) in [6, 6.07) is 13.6. The van der Waals surface area contributed by atoms with E-state index in [1.165, 1.54) is 19.2 Å². The van der Waals surface area contributed by atoms with E-state index in [2.05, 4.69) is 4.74 Å². The summed E-state index contributed by atoms with van der Waals surface area (Å²) in [5, 5.41) is 8.94. The van der Waals surface area contributed by atoms with Gasteiger partial charge in [0, 0.05) is 6.42 Å². The fourth-order valence-corrected chi connectivity index (χ4v) is 1.90. The maximum absolute atomic E-state index is 11.1. The highest BCUT2D eigenvalue weighted by Crippen LogP contribution is 2.23. The molecule has 0 atom stereocenters. The fourth-order valence-electron chi connectivity index (χ4n) is 1.90. The van der Waals surface area contributed by atoms with Crippen molar-refractivity contribution >= 4 is 11.9 Å². The average Bonchev–Trinajstić information content (AvgIpc) is 2.54. The molecule has 0 heterocycles. The monoisotopic (exact) mass is 300 g/mol. The van der Waals surface area contributed by atoms with Gasteiger partial charge in [-0.25, -0.2) is 4.79 Å². The third-order valence-corrected chi connectivity index (χ3v) is 3.09. The predicted molar refractivity (Wildman–Crippen MR) is 80.3 cm³/mol. The van der Waals surface area contributed by atoms with E-state index in [1.807, 2.05) is 12.1 Å². The Kier molecular flexibility index (Phi) is 5.14. The van der Waals surface area contributed by atoms with E-state index in [9.17, 15) is 9.59 Å². The summed E-state index contributed by atoms with van der Waals surface area (Å²) >= 11 is 0. The molecule has 0 fully saturated rings. The second kappa shape index (κ2) is 7.26. The second-order valence-corrected chi connectivity index (χ2v) is 4.66. The lowest BCUT2D eigenvalue weighted by atomic mass is 10.1. The predicted octanol–water partition coefficient (Wildman–Crippen LogP) is 3.28. The van der Waals surface area contributed by atoms with Crippen LogP contribution in [0.3, 0.4) is 0 Å². The SMILES string of the molecule is COC(=O)CCc1ccc(Oc2cccc(C(=O)O)c2)cc1. The van der Waals surface area contributed by atoms with Crippen LogP contribution in [0.1, 0.15) is 22.3 Å². The van der Waals surface area contributed by atoms with Crippen LogP contribution in [0.15, 0.2) is 48.5 Å². The van der Waals surface area contributed by atoms with Crippen molar-refractivity contribution < 1.29 is 24.2 Å². The Morgan fingerprint density at radius 1 is 1.05 bits per heavy atom. The van der Waals surface area contributed by atoms with Crippen molar-refractivity contribution in [2.24, 2.45) is 0 Å². The van der Waals surface area contributed by atoms with Gasteiger partial charge in [0.2, 0.25) is 0 Å². The van der Waals surface area contributed by atoms with E-state index >= 15 is 0 Å². The molecule has 0 aliphatic carbocycles. The summed E-state index contributed by atoms with van der Waals surface area (Å²) < 4.78 is 10.2. The van der Waals surface area contributed by atoms with Gasteiger partial charge >= 0.3 is 11.9 Å². The van der Waals surface area contributed by atoms with Gasteiger partial charge < -0.3 is 14.6 Å². The molecule has 22 heavy (non-hydrogen) atoms. The van der Waals surface area contributed by atoms with E-state index in [0.717, 1.165) is 5.56 Å². The number of aromatic carboxylic acids is 1. The lowest BCUT2D eigenvalue weighted by Gasteiger charge is -2.07. The molecule has 0 aromatic heterocycles. The van der Waals surface area contributed by atoms with Crippen molar-refractivity contribution in [3.63, 3.8) is 0 Å². The summed E-state index contributed by atoms with van der Waals surface area (Å²) in [5.41, 5.74) is 1.17. The zero-order valence-corrected chi connectivity index (χ0v) is 12.1. The van der Waals surface area contributed by atoms with Crippen molar-refractivity contribution in [2.75, 3.05) is 7.11 Å². The first kappa shape index (κ1) is 15.6. The van der Waals surface area contributed by atoms with Gasteiger partial charge in [-0.2, -0.15) is 0 Å². The Balaban J connectivity index is 2.00. The smallest absolute Gasteiger partial charge is 0.335 e. The Morgan fingerprint density at radius 3 is 2.41 bits per heavy atom. The lowest BCUT2D eigenvalue weighted by Crippen LogP contribution is -2.01. The molecular formula is C17H16O5. The molecule has 0 aliphatic heterocycles. The number of hydrogen-bond acceptors (Lipinski definition) is 4. The zero-order chi connectivity index (χ0) is 15.9. The molecule has 2 rings (SSSR count). The summed E-state index contributed by atoms with van der Waals surface area (Å²) in [7, 11) is 1.37. The maximum Gasteiger partial charge on any atom is 0.335 e. The number of aryl methyl sites for hydroxylation is 1. The standard InChI is InChI=1S/C17H16O5/c1-21-16(18)10-7-12-5-8-14(9-6-12)22-15-4-2-3-13(11-15)17(19)20/h2-6,8-9,11H,7,10H2,1H3,(H,19,20). The van der Waals surface area contributed by atoms with Crippen LogP contribution in [0.25, 0.3) is 0 Å². The molecule has 0 amide bonds. The van der Waals surface area contributed by atoms with Crippen LogP contribution in [0.4, 0.5) is 0 Å². The van der Waals surface area contributed by atoms with Crippen molar-refractivity contribution in [1.82, 2.24) is 0 Å². The minimum atomic E-state index is -0.997. The fraction of sp³-hybridized carbons (Fsp3) is 0.176. The summed E-state index contributed by atoms with van der Waals surface area (Å²) in [6.45, 7) is 0. The molecule has 0 saturated carbocycles.